The molecule has 5 heteroatoms. The number of nitrogens with one attached hydrogen (secondary N) is 1. The van der Waals surface area contributed by atoms with Crippen LogP contribution in [0.5, 0.6) is 0 Å². The number of ether oxygens (including phenoxy) is 1. The summed E-state index contributed by atoms with van der Waals surface area (Å²) in [6.07, 6.45) is 1.94. The number of H-pyrrole nitrogens is 1. The highest BCUT2D eigenvalue weighted by Gasteiger charge is 2.33. The molecular formula is C20H24N2O3. The average molecular weight is 340 g/mol. The first-order chi connectivity index (χ1) is 12.0. The summed E-state index contributed by atoms with van der Waals surface area (Å²) >= 11 is 0. The summed E-state index contributed by atoms with van der Waals surface area (Å²) in [6, 6.07) is 10.2. The number of aromatic nitrogens is 1. The van der Waals surface area contributed by atoms with Gasteiger partial charge in [0.15, 0.2) is 0 Å². The number of aryl methyl sites for hydroxylation is 1. The van der Waals surface area contributed by atoms with Gasteiger partial charge in [0.1, 0.15) is 5.69 Å². The van der Waals surface area contributed by atoms with Crippen molar-refractivity contribution in [1.29, 1.82) is 0 Å². The lowest BCUT2D eigenvalue weighted by molar-refractivity contribution is 0.0525. The smallest absolute Gasteiger partial charge is 0.340 e. The van der Waals surface area contributed by atoms with E-state index in [9.17, 15) is 9.59 Å². The maximum absolute atomic E-state index is 13.1. The van der Waals surface area contributed by atoms with Crippen LogP contribution in [0.25, 0.3) is 0 Å². The Hall–Kier alpha value is -2.56. The summed E-state index contributed by atoms with van der Waals surface area (Å²) in [5, 5.41) is 0. The first-order valence-corrected chi connectivity index (χ1v) is 8.76. The topological polar surface area (TPSA) is 62.4 Å². The second kappa shape index (κ2) is 7.13. The Kier molecular flexibility index (Phi) is 4.93. The van der Waals surface area contributed by atoms with Gasteiger partial charge in [-0.1, -0.05) is 30.3 Å². The average Bonchev–Trinajstić information content (AvgIpc) is 3.20. The molecule has 1 aliphatic heterocycles. The number of amides is 1. The van der Waals surface area contributed by atoms with Gasteiger partial charge in [0.25, 0.3) is 5.91 Å². The first-order valence-electron chi connectivity index (χ1n) is 8.76. The van der Waals surface area contributed by atoms with E-state index in [0.29, 0.717) is 29.1 Å². The van der Waals surface area contributed by atoms with Crippen LogP contribution in [0.2, 0.25) is 0 Å². The van der Waals surface area contributed by atoms with Crippen LogP contribution in [0, 0.1) is 13.8 Å². The van der Waals surface area contributed by atoms with E-state index < -0.39 is 0 Å². The summed E-state index contributed by atoms with van der Waals surface area (Å²) in [4.78, 5) is 30.3. The molecule has 2 aromatic rings. The zero-order valence-corrected chi connectivity index (χ0v) is 15.0. The lowest BCUT2D eigenvalue weighted by Gasteiger charge is -2.25. The Labute approximate surface area is 148 Å². The zero-order chi connectivity index (χ0) is 18.0. The van der Waals surface area contributed by atoms with Crippen molar-refractivity contribution in [3.05, 3.63) is 58.4 Å². The second-order valence-electron chi connectivity index (χ2n) is 6.41. The molecule has 1 aromatic carbocycles. The highest BCUT2D eigenvalue weighted by molar-refractivity contribution is 6.00. The number of carbonyl (C=O) groups excluding carboxylic acids is 2. The van der Waals surface area contributed by atoms with E-state index in [-0.39, 0.29) is 17.9 Å². The largest absolute Gasteiger partial charge is 0.462 e. The third-order valence-electron chi connectivity index (χ3n) is 4.83. The summed E-state index contributed by atoms with van der Waals surface area (Å²) in [5.74, 6) is -0.434. The maximum Gasteiger partial charge on any atom is 0.340 e. The number of benzene rings is 1. The summed E-state index contributed by atoms with van der Waals surface area (Å²) in [7, 11) is 0. The molecule has 0 radical (unpaired) electrons. The normalized spacial score (nSPS) is 16.9. The van der Waals surface area contributed by atoms with Gasteiger partial charge in [0.2, 0.25) is 0 Å². The number of aromatic amines is 1. The van der Waals surface area contributed by atoms with Crippen molar-refractivity contribution in [2.75, 3.05) is 13.2 Å². The summed E-state index contributed by atoms with van der Waals surface area (Å²) in [5.41, 5.74) is 3.46. The van der Waals surface area contributed by atoms with E-state index in [1.165, 1.54) is 0 Å². The molecule has 0 saturated carbocycles. The Bertz CT molecular complexity index is 780. The number of carbonyl (C=O) groups is 2. The molecule has 1 saturated heterocycles. The molecule has 1 N–H and O–H groups in total. The van der Waals surface area contributed by atoms with Gasteiger partial charge in [0, 0.05) is 12.2 Å². The van der Waals surface area contributed by atoms with Crippen molar-refractivity contribution in [3.63, 3.8) is 0 Å². The number of hydrogen-bond acceptors (Lipinski definition) is 3. The quantitative estimate of drug-likeness (QED) is 0.862. The SMILES string of the molecule is CCOC(=O)c1c(C)[nH]c(C(=O)N2CCCC2c2ccccc2)c1C. The molecule has 1 atom stereocenters. The van der Waals surface area contributed by atoms with Gasteiger partial charge in [-0.05, 0) is 44.7 Å². The van der Waals surface area contributed by atoms with Crippen LogP contribution in [-0.2, 0) is 4.74 Å². The lowest BCUT2D eigenvalue weighted by atomic mass is 10.0. The predicted molar refractivity (Wildman–Crippen MR) is 95.7 cm³/mol. The van der Waals surface area contributed by atoms with Crippen LogP contribution in [0.3, 0.4) is 0 Å². The van der Waals surface area contributed by atoms with Crippen molar-refractivity contribution >= 4 is 11.9 Å². The third kappa shape index (κ3) is 3.18. The molecular weight excluding hydrogens is 316 g/mol. The second-order valence-corrected chi connectivity index (χ2v) is 6.41. The van der Waals surface area contributed by atoms with E-state index in [1.54, 1.807) is 20.8 Å². The predicted octanol–water partition coefficient (Wildman–Crippen LogP) is 3.79. The zero-order valence-electron chi connectivity index (χ0n) is 15.0. The van der Waals surface area contributed by atoms with Crippen LogP contribution in [0.4, 0.5) is 0 Å². The molecule has 3 rings (SSSR count). The number of likely N-dealkylation sites (tertiary alicyclic amines) is 1. The van der Waals surface area contributed by atoms with Crippen molar-refractivity contribution in [2.24, 2.45) is 0 Å². The highest BCUT2D eigenvalue weighted by atomic mass is 16.5. The number of esters is 1. The van der Waals surface area contributed by atoms with Crippen LogP contribution in [0.1, 0.15) is 63.5 Å². The minimum absolute atomic E-state index is 0.0532. The van der Waals surface area contributed by atoms with Crippen molar-refractivity contribution in [3.8, 4) is 0 Å². The molecule has 1 unspecified atom stereocenters. The molecule has 5 nitrogen and oxygen atoms in total. The van der Waals surface area contributed by atoms with Gasteiger partial charge in [-0.15, -0.1) is 0 Å². The van der Waals surface area contributed by atoms with Gasteiger partial charge in [-0.3, -0.25) is 4.79 Å². The molecule has 0 spiro atoms. The lowest BCUT2D eigenvalue weighted by Crippen LogP contribution is -2.31. The van der Waals surface area contributed by atoms with Crippen LogP contribution in [0.15, 0.2) is 30.3 Å². The van der Waals surface area contributed by atoms with Gasteiger partial charge in [-0.2, -0.15) is 0 Å². The van der Waals surface area contributed by atoms with Crippen LogP contribution >= 0.6 is 0 Å². The van der Waals surface area contributed by atoms with Crippen molar-refractivity contribution in [2.45, 2.75) is 39.7 Å². The summed E-state index contributed by atoms with van der Waals surface area (Å²) in [6.45, 7) is 6.42. The fraction of sp³-hybridized carbons (Fsp3) is 0.400. The van der Waals surface area contributed by atoms with Crippen LogP contribution < -0.4 is 0 Å². The van der Waals surface area contributed by atoms with Crippen molar-refractivity contribution in [1.82, 2.24) is 9.88 Å². The fourth-order valence-corrected chi connectivity index (χ4v) is 3.65. The number of nitrogens with zero attached hydrogens (tertiary/aromatic N) is 1. The number of rotatable bonds is 4. The molecule has 1 aromatic heterocycles. The molecule has 0 bridgehead atoms. The minimum atomic E-state index is -0.381. The molecule has 1 amide bonds. The molecule has 25 heavy (non-hydrogen) atoms. The van der Waals surface area contributed by atoms with E-state index in [1.807, 2.05) is 23.1 Å². The molecule has 1 fully saturated rings. The molecule has 132 valence electrons. The van der Waals surface area contributed by atoms with E-state index in [2.05, 4.69) is 17.1 Å². The van der Waals surface area contributed by atoms with Crippen LogP contribution in [-0.4, -0.2) is 34.9 Å². The van der Waals surface area contributed by atoms with Gasteiger partial charge in [0.05, 0.1) is 18.2 Å². The molecule has 1 aliphatic rings. The van der Waals surface area contributed by atoms with E-state index in [4.69, 9.17) is 4.74 Å². The third-order valence-corrected chi connectivity index (χ3v) is 4.83. The highest BCUT2D eigenvalue weighted by Crippen LogP contribution is 2.33. The number of hydrogen-bond donors (Lipinski definition) is 1. The fourth-order valence-electron chi connectivity index (χ4n) is 3.65. The Morgan fingerprint density at radius 3 is 2.64 bits per heavy atom. The standard InChI is InChI=1S/C20H24N2O3/c1-4-25-20(24)17-13(2)18(21-14(17)3)19(23)22-12-8-11-16(22)15-9-6-5-7-10-15/h5-7,9-10,16,21H,4,8,11-12H2,1-3H3. The van der Waals surface area contributed by atoms with Gasteiger partial charge < -0.3 is 14.6 Å². The Morgan fingerprint density at radius 2 is 1.96 bits per heavy atom. The summed E-state index contributed by atoms with van der Waals surface area (Å²) < 4.78 is 5.11. The maximum atomic E-state index is 13.1. The van der Waals surface area contributed by atoms with E-state index in [0.717, 1.165) is 24.9 Å². The molecule has 0 aliphatic carbocycles. The monoisotopic (exact) mass is 340 g/mol. The Morgan fingerprint density at radius 1 is 1.24 bits per heavy atom. The van der Waals surface area contributed by atoms with Gasteiger partial charge >= 0.3 is 5.97 Å². The first kappa shape index (κ1) is 17.3. The molecule has 2 heterocycles. The van der Waals surface area contributed by atoms with Gasteiger partial charge in [-0.25, -0.2) is 4.79 Å². The van der Waals surface area contributed by atoms with Crippen molar-refractivity contribution < 1.29 is 14.3 Å². The Balaban J connectivity index is 1.91. The minimum Gasteiger partial charge on any atom is -0.462 e. The van der Waals surface area contributed by atoms with E-state index >= 15 is 0 Å².